The summed E-state index contributed by atoms with van der Waals surface area (Å²) in [7, 11) is 0. The van der Waals surface area contributed by atoms with Crippen molar-refractivity contribution in [2.45, 2.75) is 39.5 Å². The Balaban J connectivity index is 1.39. The fraction of sp³-hybridized carbons (Fsp3) is 0.214. The maximum Gasteiger partial charge on any atom is 0.885 e. The topological polar surface area (TPSA) is 52.6 Å². The minimum Gasteiger partial charge on any atom is -0.589 e. The predicted octanol–water partition coefficient (Wildman–Crippen LogP) is 7.29. The van der Waals surface area contributed by atoms with Gasteiger partial charge in [0.1, 0.15) is 0 Å². The highest BCUT2D eigenvalue weighted by Gasteiger charge is 2.28. The van der Waals surface area contributed by atoms with E-state index in [1.54, 1.807) is 22.7 Å². The molecule has 2 unspecified atom stereocenters. The van der Waals surface area contributed by atoms with Crippen molar-refractivity contribution < 1.29 is 17.2 Å². The lowest BCUT2D eigenvalue weighted by Gasteiger charge is -2.16. The van der Waals surface area contributed by atoms with Gasteiger partial charge in [-0.1, -0.05) is 60.7 Å². The summed E-state index contributed by atoms with van der Waals surface area (Å²) in [6.07, 6.45) is 0. The van der Waals surface area contributed by atoms with Crippen LogP contribution in [0.1, 0.15) is 46.6 Å². The number of hydrogen-bond donors (Lipinski definition) is 0. The van der Waals surface area contributed by atoms with E-state index in [1.165, 1.54) is 0 Å². The van der Waals surface area contributed by atoms with Gasteiger partial charge in [0, 0.05) is 9.75 Å². The van der Waals surface area contributed by atoms with E-state index in [0.717, 1.165) is 43.1 Å². The molecule has 0 bridgehead atoms. The maximum atomic E-state index is 12.8. The third kappa shape index (κ3) is 5.60. The van der Waals surface area contributed by atoms with Gasteiger partial charge >= 0.3 is 15.9 Å². The van der Waals surface area contributed by atoms with Crippen molar-refractivity contribution in [3.63, 3.8) is 0 Å². The zero-order chi connectivity index (χ0) is 24.9. The van der Waals surface area contributed by atoms with Crippen LogP contribution in [0.25, 0.3) is 22.3 Å². The molecule has 177 valence electrons. The molecule has 4 aromatic rings. The van der Waals surface area contributed by atoms with Gasteiger partial charge in [-0.15, -0.1) is 22.7 Å². The smallest absolute Gasteiger partial charge is 0.589 e. The van der Waals surface area contributed by atoms with Crippen molar-refractivity contribution >= 4 is 50.5 Å². The molecule has 0 aliphatic heterocycles. The number of carbonyl (C=O) groups is 2. The lowest BCUT2D eigenvalue weighted by Crippen LogP contribution is -2.22. The second kappa shape index (κ2) is 11.4. The Morgan fingerprint density at radius 2 is 1.06 bits per heavy atom. The zero-order valence-corrected chi connectivity index (χ0v) is 22.9. The second-order valence-corrected chi connectivity index (χ2v) is 10.9. The highest BCUT2D eigenvalue weighted by Crippen LogP contribution is 2.39. The van der Waals surface area contributed by atoms with Crippen molar-refractivity contribution in [3.8, 4) is 22.3 Å². The molecule has 2 aromatic heterocycles. The number of aryl methyl sites for hydroxylation is 2. The molecule has 7 heteroatoms. The monoisotopic (exact) mass is 517 g/mol. The van der Waals surface area contributed by atoms with Gasteiger partial charge in [0.25, 0.3) is 11.9 Å². The van der Waals surface area contributed by atoms with Crippen LogP contribution in [-0.4, -0.2) is 27.8 Å². The van der Waals surface area contributed by atoms with E-state index < -0.39 is 27.7 Å². The Labute approximate surface area is 220 Å². The third-order valence-corrected chi connectivity index (χ3v) is 9.18. The Morgan fingerprint density at radius 3 is 1.43 bits per heavy atom. The van der Waals surface area contributed by atoms with E-state index in [0.29, 0.717) is 0 Å². The fourth-order valence-electron chi connectivity index (χ4n) is 4.05. The minimum absolute atomic E-state index is 0.378. The van der Waals surface area contributed by atoms with Crippen molar-refractivity contribution in [1.82, 2.24) is 0 Å². The van der Waals surface area contributed by atoms with E-state index in [-0.39, 0.29) is 11.9 Å². The highest BCUT2D eigenvalue weighted by atomic mass is 32.1. The Bertz CT molecular complexity index is 1210. The summed E-state index contributed by atoms with van der Waals surface area (Å²) in [6.45, 7) is 7.77. The van der Waals surface area contributed by atoms with Gasteiger partial charge in [-0.05, 0) is 71.8 Å². The molecule has 0 fully saturated rings. The lowest BCUT2D eigenvalue weighted by atomic mass is 9.97. The van der Waals surface area contributed by atoms with Crippen LogP contribution < -0.4 is 0 Å². The van der Waals surface area contributed by atoms with Crippen LogP contribution in [0.15, 0.2) is 71.4 Å². The van der Waals surface area contributed by atoms with Gasteiger partial charge in [-0.2, -0.15) is 0 Å². The normalized spacial score (nSPS) is 12.6. The van der Waals surface area contributed by atoms with Crippen molar-refractivity contribution in [1.29, 1.82) is 0 Å². The van der Waals surface area contributed by atoms with Crippen LogP contribution in [0.5, 0.6) is 0 Å². The maximum absolute atomic E-state index is 12.8. The molecule has 4 rings (SSSR count). The SMILES string of the molecule is Cc1csc(C(C)C(=O)[O][Al][O]C(=O)C(C)c2scc(C)c2-c2ccccc2)c1-c1ccccc1. The summed E-state index contributed by atoms with van der Waals surface area (Å²) in [5.74, 6) is -1.65. The van der Waals surface area contributed by atoms with Crippen LogP contribution >= 0.6 is 22.7 Å². The van der Waals surface area contributed by atoms with E-state index >= 15 is 0 Å². The van der Waals surface area contributed by atoms with Crippen molar-refractivity contribution in [3.05, 3.63) is 92.3 Å². The summed E-state index contributed by atoms with van der Waals surface area (Å²) in [5, 5.41) is 4.12. The first-order valence-corrected chi connectivity index (χ1v) is 14.1. The largest absolute Gasteiger partial charge is 0.885 e. The molecule has 2 aromatic carbocycles. The average molecular weight is 518 g/mol. The molecule has 2 atom stereocenters. The van der Waals surface area contributed by atoms with Crippen molar-refractivity contribution in [2.24, 2.45) is 0 Å². The number of rotatable bonds is 8. The number of benzene rings is 2. The molecule has 35 heavy (non-hydrogen) atoms. The molecule has 0 saturated carbocycles. The summed E-state index contributed by atoms with van der Waals surface area (Å²) in [4.78, 5) is 27.5. The molecule has 0 spiro atoms. The summed E-state index contributed by atoms with van der Waals surface area (Å²) >= 11 is 1.86. The molecule has 0 saturated heterocycles. The first-order chi connectivity index (χ1) is 16.9. The van der Waals surface area contributed by atoms with Gasteiger partial charge in [0.2, 0.25) is 0 Å². The van der Waals surface area contributed by atoms with Crippen LogP contribution in [0.2, 0.25) is 0 Å². The minimum atomic E-state index is -1.24. The molecule has 0 N–H and O–H groups in total. The summed E-state index contributed by atoms with van der Waals surface area (Å²) in [5.41, 5.74) is 6.56. The second-order valence-electron chi connectivity index (χ2n) is 8.46. The summed E-state index contributed by atoms with van der Waals surface area (Å²) < 4.78 is 10.9. The number of carbonyl (C=O) groups excluding carboxylic acids is 2. The average Bonchev–Trinajstić information content (AvgIpc) is 3.46. The predicted molar refractivity (Wildman–Crippen MR) is 144 cm³/mol. The van der Waals surface area contributed by atoms with Crippen LogP contribution in [0.4, 0.5) is 0 Å². The van der Waals surface area contributed by atoms with E-state index in [4.69, 9.17) is 7.58 Å². The molecule has 0 aliphatic rings. The van der Waals surface area contributed by atoms with Gasteiger partial charge in [0.05, 0.1) is 11.8 Å². The van der Waals surface area contributed by atoms with E-state index in [9.17, 15) is 9.59 Å². The van der Waals surface area contributed by atoms with Crippen LogP contribution in [0, 0.1) is 13.8 Å². The number of hydrogen-bond acceptors (Lipinski definition) is 6. The molecular weight excluding hydrogens is 491 g/mol. The van der Waals surface area contributed by atoms with Gasteiger partial charge in [-0.25, -0.2) is 0 Å². The van der Waals surface area contributed by atoms with Gasteiger partial charge in [0.15, 0.2) is 0 Å². The molecule has 0 aliphatic carbocycles. The van der Waals surface area contributed by atoms with Crippen LogP contribution in [0.3, 0.4) is 0 Å². The molecule has 4 nitrogen and oxygen atoms in total. The van der Waals surface area contributed by atoms with Crippen LogP contribution in [-0.2, 0) is 17.2 Å². The van der Waals surface area contributed by atoms with E-state index in [1.807, 2.05) is 88.4 Å². The highest BCUT2D eigenvalue weighted by molar-refractivity contribution is 7.11. The molecule has 0 amide bonds. The Morgan fingerprint density at radius 1 is 0.686 bits per heavy atom. The first-order valence-electron chi connectivity index (χ1n) is 11.4. The Hall–Kier alpha value is -2.69. The Kier molecular flexibility index (Phi) is 8.25. The lowest BCUT2D eigenvalue weighted by molar-refractivity contribution is -0.140. The van der Waals surface area contributed by atoms with E-state index in [2.05, 4.69) is 10.8 Å². The van der Waals surface area contributed by atoms with Gasteiger partial charge < -0.3 is 7.58 Å². The molecular formula is C28H26AlO4S2. The number of thiophene rings is 2. The quantitative estimate of drug-likeness (QED) is 0.230. The zero-order valence-electron chi connectivity index (χ0n) is 20.1. The summed E-state index contributed by atoms with van der Waals surface area (Å²) in [6, 6.07) is 20.1. The van der Waals surface area contributed by atoms with Crippen molar-refractivity contribution in [2.75, 3.05) is 0 Å². The fourth-order valence-corrected chi connectivity index (χ4v) is 6.94. The standard InChI is InChI=1S/2C14H14O2S.Al/c2*1-9-8-17-13(10(2)14(15)16)12(9)11-6-4-3-5-7-11;/h2*3-8,10H,1-2H3,(H,15,16);/q;;+2/p-2. The third-order valence-electron chi connectivity index (χ3n) is 5.95. The first kappa shape index (κ1) is 25.4. The van der Waals surface area contributed by atoms with Gasteiger partial charge in [-0.3, -0.25) is 9.59 Å². The molecule has 2 heterocycles. The molecule has 1 radical (unpaired) electrons.